The van der Waals surface area contributed by atoms with Crippen LogP contribution in [-0.4, -0.2) is 11.5 Å². The van der Waals surface area contributed by atoms with E-state index >= 15 is 0 Å². The maximum absolute atomic E-state index is 10.4. The maximum atomic E-state index is 10.4. The standard InChI is InChI=1S/C9H9N3O2/c13-12(14)8-3-1-7(2-4-8)9-5-6-10-11-9/h1-4,9H,5-6H2. The zero-order chi connectivity index (χ0) is 9.97. The molecule has 1 atom stereocenters. The fourth-order valence-electron chi connectivity index (χ4n) is 1.45. The molecule has 0 aliphatic carbocycles. The van der Waals surface area contributed by atoms with Gasteiger partial charge in [-0.2, -0.15) is 10.2 Å². The van der Waals surface area contributed by atoms with Crippen molar-refractivity contribution in [1.82, 2.24) is 0 Å². The van der Waals surface area contributed by atoms with E-state index in [0.717, 1.165) is 18.5 Å². The lowest BCUT2D eigenvalue weighted by molar-refractivity contribution is -0.384. The summed E-state index contributed by atoms with van der Waals surface area (Å²) < 4.78 is 0. The quantitative estimate of drug-likeness (QED) is 0.532. The fraction of sp³-hybridized carbons (Fsp3) is 0.333. The molecule has 5 nitrogen and oxygen atoms in total. The molecule has 1 heterocycles. The molecule has 72 valence electrons. The Labute approximate surface area is 80.6 Å². The third kappa shape index (κ3) is 1.61. The van der Waals surface area contributed by atoms with Crippen LogP contribution in [0, 0.1) is 10.1 Å². The third-order valence-corrected chi connectivity index (χ3v) is 2.21. The van der Waals surface area contributed by atoms with Gasteiger partial charge in [0.05, 0.1) is 17.5 Å². The Morgan fingerprint density at radius 1 is 1.36 bits per heavy atom. The van der Waals surface area contributed by atoms with Crippen LogP contribution in [-0.2, 0) is 0 Å². The Hall–Kier alpha value is -1.78. The largest absolute Gasteiger partial charge is 0.269 e. The molecule has 0 radical (unpaired) electrons. The highest BCUT2D eigenvalue weighted by molar-refractivity contribution is 5.34. The van der Waals surface area contributed by atoms with Crippen LogP contribution in [0.1, 0.15) is 18.0 Å². The number of non-ortho nitro benzene ring substituents is 1. The average Bonchev–Trinajstić information content (AvgIpc) is 2.71. The van der Waals surface area contributed by atoms with Crippen molar-refractivity contribution in [2.24, 2.45) is 10.2 Å². The number of benzene rings is 1. The molecule has 0 aromatic heterocycles. The van der Waals surface area contributed by atoms with Crippen LogP contribution >= 0.6 is 0 Å². The van der Waals surface area contributed by atoms with Crippen molar-refractivity contribution in [3.05, 3.63) is 39.9 Å². The molecule has 0 N–H and O–H groups in total. The smallest absolute Gasteiger partial charge is 0.258 e. The van der Waals surface area contributed by atoms with Crippen LogP contribution in [0.5, 0.6) is 0 Å². The highest BCUT2D eigenvalue weighted by atomic mass is 16.6. The minimum atomic E-state index is -0.403. The molecule has 2 rings (SSSR count). The topological polar surface area (TPSA) is 67.9 Å². The zero-order valence-electron chi connectivity index (χ0n) is 7.46. The Morgan fingerprint density at radius 2 is 2.07 bits per heavy atom. The van der Waals surface area contributed by atoms with Gasteiger partial charge in [-0.1, -0.05) is 0 Å². The number of nitro groups is 1. The van der Waals surface area contributed by atoms with E-state index in [2.05, 4.69) is 10.2 Å². The number of hydrogen-bond acceptors (Lipinski definition) is 4. The normalized spacial score (nSPS) is 19.9. The van der Waals surface area contributed by atoms with Gasteiger partial charge in [0.15, 0.2) is 0 Å². The molecule has 0 bridgehead atoms. The van der Waals surface area contributed by atoms with Crippen molar-refractivity contribution < 1.29 is 4.92 Å². The second-order valence-corrected chi connectivity index (χ2v) is 3.13. The summed E-state index contributed by atoms with van der Waals surface area (Å²) in [6.07, 6.45) is 0.901. The average molecular weight is 191 g/mol. The van der Waals surface area contributed by atoms with Crippen LogP contribution < -0.4 is 0 Å². The van der Waals surface area contributed by atoms with Gasteiger partial charge < -0.3 is 0 Å². The van der Waals surface area contributed by atoms with Crippen LogP contribution in [0.15, 0.2) is 34.5 Å². The van der Waals surface area contributed by atoms with E-state index in [-0.39, 0.29) is 11.7 Å². The molecule has 1 unspecified atom stereocenters. The molecule has 1 aliphatic rings. The molecule has 0 spiro atoms. The first kappa shape index (κ1) is 8.80. The summed E-state index contributed by atoms with van der Waals surface area (Å²) in [6, 6.07) is 6.59. The van der Waals surface area contributed by atoms with Gasteiger partial charge in [-0.25, -0.2) is 0 Å². The maximum Gasteiger partial charge on any atom is 0.269 e. The van der Waals surface area contributed by atoms with Crippen molar-refractivity contribution in [1.29, 1.82) is 0 Å². The zero-order valence-corrected chi connectivity index (χ0v) is 7.46. The van der Waals surface area contributed by atoms with Gasteiger partial charge >= 0.3 is 0 Å². The van der Waals surface area contributed by atoms with Crippen LogP contribution in [0.25, 0.3) is 0 Å². The first-order valence-electron chi connectivity index (χ1n) is 4.38. The highest BCUT2D eigenvalue weighted by Crippen LogP contribution is 2.27. The summed E-state index contributed by atoms with van der Waals surface area (Å²) in [5, 5.41) is 18.3. The van der Waals surface area contributed by atoms with Gasteiger partial charge in [0.25, 0.3) is 5.69 Å². The first-order chi connectivity index (χ1) is 6.77. The van der Waals surface area contributed by atoms with Crippen molar-refractivity contribution in [3.8, 4) is 0 Å². The van der Waals surface area contributed by atoms with Crippen molar-refractivity contribution in [2.75, 3.05) is 6.54 Å². The predicted octanol–water partition coefficient (Wildman–Crippen LogP) is 2.49. The highest BCUT2D eigenvalue weighted by Gasteiger charge is 2.15. The number of nitro benzene ring substituents is 1. The number of hydrogen-bond donors (Lipinski definition) is 0. The van der Waals surface area contributed by atoms with E-state index in [1.54, 1.807) is 12.1 Å². The van der Waals surface area contributed by atoms with Gasteiger partial charge in [0.1, 0.15) is 0 Å². The summed E-state index contributed by atoms with van der Waals surface area (Å²) >= 11 is 0. The lowest BCUT2D eigenvalue weighted by Crippen LogP contribution is -1.93. The Morgan fingerprint density at radius 3 is 2.57 bits per heavy atom. The summed E-state index contributed by atoms with van der Waals surface area (Å²) in [5.41, 5.74) is 1.11. The monoisotopic (exact) mass is 191 g/mol. The Bertz CT molecular complexity index is 372. The minimum Gasteiger partial charge on any atom is -0.258 e. The minimum absolute atomic E-state index is 0.0933. The van der Waals surface area contributed by atoms with Gasteiger partial charge in [-0.3, -0.25) is 10.1 Å². The molecule has 0 fully saturated rings. The summed E-state index contributed by atoms with van der Waals surface area (Å²) in [4.78, 5) is 9.99. The van der Waals surface area contributed by atoms with Crippen LogP contribution in [0.3, 0.4) is 0 Å². The van der Waals surface area contributed by atoms with E-state index in [4.69, 9.17) is 0 Å². The molecule has 1 aromatic carbocycles. The number of azo groups is 1. The first-order valence-corrected chi connectivity index (χ1v) is 4.38. The van der Waals surface area contributed by atoms with Crippen molar-refractivity contribution in [3.63, 3.8) is 0 Å². The third-order valence-electron chi connectivity index (χ3n) is 2.21. The van der Waals surface area contributed by atoms with Gasteiger partial charge in [0.2, 0.25) is 0 Å². The van der Waals surface area contributed by atoms with E-state index in [9.17, 15) is 10.1 Å². The van der Waals surface area contributed by atoms with Gasteiger partial charge in [0, 0.05) is 12.1 Å². The molecule has 0 amide bonds. The van der Waals surface area contributed by atoms with Crippen LogP contribution in [0.2, 0.25) is 0 Å². The lowest BCUT2D eigenvalue weighted by Gasteiger charge is -2.03. The van der Waals surface area contributed by atoms with Crippen molar-refractivity contribution >= 4 is 5.69 Å². The van der Waals surface area contributed by atoms with Gasteiger partial charge in [-0.05, 0) is 24.1 Å². The molecule has 0 saturated heterocycles. The van der Waals surface area contributed by atoms with E-state index in [1.807, 2.05) is 0 Å². The molecule has 1 aromatic rings. The Kier molecular flexibility index (Phi) is 2.22. The molecule has 0 saturated carbocycles. The van der Waals surface area contributed by atoms with Crippen molar-refractivity contribution in [2.45, 2.75) is 12.5 Å². The van der Waals surface area contributed by atoms with E-state index < -0.39 is 4.92 Å². The molecule has 14 heavy (non-hydrogen) atoms. The summed E-state index contributed by atoms with van der Waals surface area (Å²) in [6.45, 7) is 0.752. The molecular weight excluding hydrogens is 182 g/mol. The fourth-order valence-corrected chi connectivity index (χ4v) is 1.45. The molecular formula is C9H9N3O2. The predicted molar refractivity (Wildman–Crippen MR) is 50.2 cm³/mol. The lowest BCUT2D eigenvalue weighted by atomic mass is 10.1. The van der Waals surface area contributed by atoms with E-state index in [1.165, 1.54) is 12.1 Å². The Balaban J connectivity index is 2.21. The SMILES string of the molecule is O=[N+]([O-])c1ccc(C2CCN=N2)cc1. The second-order valence-electron chi connectivity index (χ2n) is 3.13. The van der Waals surface area contributed by atoms with E-state index in [0.29, 0.717) is 0 Å². The second kappa shape index (κ2) is 3.53. The van der Waals surface area contributed by atoms with Crippen LogP contribution in [0.4, 0.5) is 5.69 Å². The summed E-state index contributed by atoms with van der Waals surface area (Å²) in [5.74, 6) is 0. The number of nitrogens with zero attached hydrogens (tertiary/aromatic N) is 3. The molecule has 5 heteroatoms. The van der Waals surface area contributed by atoms with Gasteiger partial charge in [-0.15, -0.1) is 0 Å². The summed E-state index contributed by atoms with van der Waals surface area (Å²) in [7, 11) is 0. The number of rotatable bonds is 2. The molecule has 1 aliphatic heterocycles.